The second kappa shape index (κ2) is 10.9. The van der Waals surface area contributed by atoms with E-state index in [1.807, 2.05) is 0 Å². The van der Waals surface area contributed by atoms with Crippen LogP contribution >= 0.6 is 0 Å². The summed E-state index contributed by atoms with van der Waals surface area (Å²) in [6, 6.07) is 9.24. The van der Waals surface area contributed by atoms with E-state index in [-0.39, 0.29) is 24.5 Å². The van der Waals surface area contributed by atoms with Gasteiger partial charge in [0, 0.05) is 29.7 Å². The lowest BCUT2D eigenvalue weighted by molar-refractivity contribution is -0.137. The zero-order valence-electron chi connectivity index (χ0n) is 19.3. The summed E-state index contributed by atoms with van der Waals surface area (Å²) in [5, 5.41) is 20.0. The van der Waals surface area contributed by atoms with Crippen molar-refractivity contribution < 1.29 is 27.9 Å². The number of nitrogens with one attached hydrogen (secondary N) is 3. The number of nitrogens with zero attached hydrogens (tertiary/aromatic N) is 5. The number of oxime groups is 1. The molecule has 0 atom stereocenters. The van der Waals surface area contributed by atoms with Gasteiger partial charge in [-0.05, 0) is 36.4 Å². The van der Waals surface area contributed by atoms with E-state index < -0.39 is 17.8 Å². The third-order valence-corrected chi connectivity index (χ3v) is 5.04. The van der Waals surface area contributed by atoms with Crippen LogP contribution in [0.5, 0.6) is 0 Å². The fraction of sp³-hybridized carbons (Fsp3) is 0.174. The van der Waals surface area contributed by atoms with Crippen molar-refractivity contribution in [3.8, 4) is 5.69 Å². The molecule has 0 saturated carbocycles. The first-order valence-electron chi connectivity index (χ1n) is 10.8. The number of rotatable bonds is 8. The van der Waals surface area contributed by atoms with Crippen LogP contribution in [0.4, 0.5) is 35.2 Å². The van der Waals surface area contributed by atoms with E-state index in [4.69, 9.17) is 5.11 Å². The first-order chi connectivity index (χ1) is 17.8. The van der Waals surface area contributed by atoms with Crippen molar-refractivity contribution in [3.05, 3.63) is 66.2 Å². The molecule has 0 unspecified atom stereocenters. The number of anilines is 3. The third-order valence-electron chi connectivity index (χ3n) is 5.04. The smallest absolute Gasteiger partial charge is 0.393 e. The Kier molecular flexibility index (Phi) is 7.48. The second-order valence-electron chi connectivity index (χ2n) is 7.48. The molecule has 192 valence electrons. The molecule has 0 fully saturated rings. The van der Waals surface area contributed by atoms with Gasteiger partial charge >= 0.3 is 12.2 Å². The van der Waals surface area contributed by atoms with Crippen LogP contribution in [-0.4, -0.2) is 57.1 Å². The number of urea groups is 1. The number of fused-ring (bicyclic) bond motifs is 1. The molecule has 4 aromatic rings. The van der Waals surface area contributed by atoms with Gasteiger partial charge in [-0.1, -0.05) is 11.2 Å². The Hall–Kier alpha value is -4.72. The molecular weight excluding hydrogens is 493 g/mol. The summed E-state index contributed by atoms with van der Waals surface area (Å²) in [5.41, 5.74) is 0.988. The van der Waals surface area contributed by atoms with Crippen LogP contribution in [0.2, 0.25) is 0 Å². The van der Waals surface area contributed by atoms with E-state index in [0.717, 1.165) is 24.0 Å². The molecule has 0 aliphatic heterocycles. The molecule has 2 aromatic carbocycles. The number of benzene rings is 2. The average Bonchev–Trinajstić information content (AvgIpc) is 3.31. The highest BCUT2D eigenvalue weighted by molar-refractivity contribution is 6.00. The fourth-order valence-electron chi connectivity index (χ4n) is 3.39. The maximum Gasteiger partial charge on any atom is 0.417 e. The van der Waals surface area contributed by atoms with Crippen LogP contribution in [0.3, 0.4) is 0 Å². The molecule has 0 bridgehead atoms. The van der Waals surface area contributed by atoms with Crippen molar-refractivity contribution in [3.63, 3.8) is 0 Å². The summed E-state index contributed by atoms with van der Waals surface area (Å²) in [4.78, 5) is 29.8. The lowest BCUT2D eigenvalue weighted by Gasteiger charge is -2.13. The van der Waals surface area contributed by atoms with Crippen molar-refractivity contribution in [1.82, 2.24) is 19.5 Å². The number of aromatic nitrogens is 4. The van der Waals surface area contributed by atoms with Gasteiger partial charge in [0.05, 0.1) is 18.4 Å². The van der Waals surface area contributed by atoms with E-state index in [2.05, 4.69) is 40.9 Å². The fourth-order valence-corrected chi connectivity index (χ4v) is 3.39. The Morgan fingerprint density at radius 1 is 1.11 bits per heavy atom. The number of hydrogen-bond donors (Lipinski definition) is 4. The van der Waals surface area contributed by atoms with Crippen LogP contribution in [0, 0.1) is 0 Å². The van der Waals surface area contributed by atoms with E-state index >= 15 is 0 Å². The van der Waals surface area contributed by atoms with Gasteiger partial charge < -0.3 is 25.9 Å². The number of aliphatic hydroxyl groups excluding tert-OH is 1. The normalized spacial score (nSPS) is 11.6. The van der Waals surface area contributed by atoms with Gasteiger partial charge in [0.15, 0.2) is 17.0 Å². The molecule has 14 heteroatoms. The van der Waals surface area contributed by atoms with Gasteiger partial charge in [-0.3, -0.25) is 4.57 Å². The highest BCUT2D eigenvalue weighted by Gasteiger charge is 2.33. The van der Waals surface area contributed by atoms with Gasteiger partial charge in [0.25, 0.3) is 0 Å². The minimum absolute atomic E-state index is 0.0696. The number of hydrogen-bond acceptors (Lipinski definition) is 8. The average molecular weight is 514 g/mol. The van der Waals surface area contributed by atoms with Crippen LogP contribution in [0.15, 0.2) is 60.3 Å². The molecule has 0 spiro atoms. The molecule has 37 heavy (non-hydrogen) atoms. The lowest BCUT2D eigenvalue weighted by Crippen LogP contribution is -2.20. The SMILES string of the molecule is CNc1ncnc2c1ncn2-c1ccc(NC(=O)Nc2ccc(/C=N/OCCO)c(C(F)(F)F)c2)cc1. The van der Waals surface area contributed by atoms with Gasteiger partial charge in [-0.2, -0.15) is 13.2 Å². The predicted molar refractivity (Wildman–Crippen MR) is 131 cm³/mol. The summed E-state index contributed by atoms with van der Waals surface area (Å²) in [5.74, 6) is 0.586. The molecule has 2 heterocycles. The standard InChI is InChI=1S/C23H21F3N8O3/c1-27-20-19-21(29-12-28-20)34(13-30-19)17-6-4-15(5-7-17)32-22(36)33-16-3-2-14(11-31-37-9-8-35)18(10-16)23(24,25)26/h2-7,10-13,35H,8-9H2,1H3,(H,27,28,29)(H2,32,33,36)/b31-11+. The Labute approximate surface area is 208 Å². The quantitative estimate of drug-likeness (QED) is 0.159. The highest BCUT2D eigenvalue weighted by Crippen LogP contribution is 2.33. The summed E-state index contributed by atoms with van der Waals surface area (Å²) in [6.07, 6.45) is -0.792. The molecule has 4 rings (SSSR count). The third kappa shape index (κ3) is 5.92. The Morgan fingerprint density at radius 3 is 2.54 bits per heavy atom. The number of carbonyl (C=O) groups excluding carboxylic acids is 1. The summed E-state index contributed by atoms with van der Waals surface area (Å²) in [6.45, 7) is -0.472. The van der Waals surface area contributed by atoms with Crippen LogP contribution in [-0.2, 0) is 11.0 Å². The topological polar surface area (TPSA) is 139 Å². The van der Waals surface area contributed by atoms with Crippen molar-refractivity contribution in [2.75, 3.05) is 36.2 Å². The van der Waals surface area contributed by atoms with Gasteiger partial charge in [0.1, 0.15) is 19.3 Å². The van der Waals surface area contributed by atoms with Crippen LogP contribution in [0.1, 0.15) is 11.1 Å². The van der Waals surface area contributed by atoms with Crippen molar-refractivity contribution in [2.24, 2.45) is 5.16 Å². The Bertz CT molecular complexity index is 1420. The minimum atomic E-state index is -4.70. The van der Waals surface area contributed by atoms with Crippen molar-refractivity contribution in [1.29, 1.82) is 0 Å². The first kappa shape index (κ1) is 25.4. The summed E-state index contributed by atoms with van der Waals surface area (Å²) in [7, 11) is 1.73. The molecule has 0 saturated heterocycles. The van der Waals surface area contributed by atoms with Crippen molar-refractivity contribution in [2.45, 2.75) is 6.18 Å². The molecule has 0 aliphatic rings. The Morgan fingerprint density at radius 2 is 1.84 bits per heavy atom. The predicted octanol–water partition coefficient (Wildman–Crippen LogP) is 3.86. The maximum atomic E-state index is 13.5. The number of halogens is 3. The van der Waals surface area contributed by atoms with E-state index in [9.17, 15) is 18.0 Å². The maximum absolute atomic E-state index is 13.5. The van der Waals surface area contributed by atoms with Crippen LogP contribution < -0.4 is 16.0 Å². The van der Waals surface area contributed by atoms with Gasteiger partial charge in [-0.15, -0.1) is 0 Å². The van der Waals surface area contributed by atoms with Gasteiger partial charge in [-0.25, -0.2) is 19.7 Å². The summed E-state index contributed by atoms with van der Waals surface area (Å²) >= 11 is 0. The number of imidazole rings is 1. The zero-order valence-corrected chi connectivity index (χ0v) is 19.3. The minimum Gasteiger partial charge on any atom is -0.393 e. The number of carbonyl (C=O) groups is 1. The second-order valence-corrected chi connectivity index (χ2v) is 7.48. The number of aliphatic hydroxyl groups is 1. The zero-order chi connectivity index (χ0) is 26.4. The molecule has 11 nitrogen and oxygen atoms in total. The molecule has 0 radical (unpaired) electrons. The van der Waals surface area contributed by atoms with Crippen molar-refractivity contribution >= 4 is 40.6 Å². The molecular formula is C23H21F3N8O3. The lowest BCUT2D eigenvalue weighted by atomic mass is 10.1. The number of alkyl halides is 3. The number of amides is 2. The van der Waals surface area contributed by atoms with E-state index in [0.29, 0.717) is 22.7 Å². The van der Waals surface area contributed by atoms with Gasteiger partial charge in [0.2, 0.25) is 0 Å². The largest absolute Gasteiger partial charge is 0.417 e. The van der Waals surface area contributed by atoms with E-state index in [1.54, 1.807) is 42.2 Å². The van der Waals surface area contributed by atoms with Crippen LogP contribution in [0.25, 0.3) is 16.9 Å². The first-order valence-corrected chi connectivity index (χ1v) is 10.8. The molecule has 2 aromatic heterocycles. The summed E-state index contributed by atoms with van der Waals surface area (Å²) < 4.78 is 42.2. The Balaban J connectivity index is 1.46. The highest BCUT2D eigenvalue weighted by atomic mass is 19.4. The molecule has 2 amide bonds. The molecule has 0 aliphatic carbocycles. The monoisotopic (exact) mass is 514 g/mol. The molecule has 4 N–H and O–H groups in total. The van der Waals surface area contributed by atoms with E-state index in [1.165, 1.54) is 12.4 Å².